The molecule has 1 atom stereocenters. The van der Waals surface area contributed by atoms with E-state index in [2.05, 4.69) is 4.98 Å². The molecule has 0 fully saturated rings. The van der Waals surface area contributed by atoms with Crippen LogP contribution in [0.15, 0.2) is 18.3 Å². The number of aryl methyl sites for hydroxylation is 1. The molecule has 0 unspecified atom stereocenters. The molecule has 0 aliphatic rings. The number of ether oxygens (including phenoxy) is 1. The van der Waals surface area contributed by atoms with Gasteiger partial charge >= 0.3 is 5.97 Å². The highest BCUT2D eigenvalue weighted by Crippen LogP contribution is 2.17. The maximum absolute atomic E-state index is 11.4. The number of hydrogen-bond acceptors (Lipinski definition) is 4. The fourth-order valence-corrected chi connectivity index (χ4v) is 1.25. The zero-order valence-corrected chi connectivity index (χ0v) is 8.73. The van der Waals surface area contributed by atoms with E-state index in [1.54, 1.807) is 19.2 Å². The van der Waals surface area contributed by atoms with Crippen molar-refractivity contribution < 1.29 is 9.53 Å². The third-order valence-corrected chi connectivity index (χ3v) is 1.97. The number of nitriles is 1. The lowest BCUT2D eigenvalue weighted by Crippen LogP contribution is -2.16. The first kappa shape index (κ1) is 11.2. The number of rotatable bonds is 3. The van der Waals surface area contributed by atoms with Gasteiger partial charge in [0.25, 0.3) is 0 Å². The Hall–Kier alpha value is -1.89. The smallest absolute Gasteiger partial charge is 0.329 e. The number of carbonyl (C=O) groups is 1. The summed E-state index contributed by atoms with van der Waals surface area (Å²) in [4.78, 5) is 15.5. The lowest BCUT2D eigenvalue weighted by Gasteiger charge is -2.09. The second-order valence-corrected chi connectivity index (χ2v) is 3.02. The summed E-state index contributed by atoms with van der Waals surface area (Å²) in [6, 6.07) is 5.48. The van der Waals surface area contributed by atoms with E-state index in [0.29, 0.717) is 5.69 Å². The van der Waals surface area contributed by atoms with E-state index in [4.69, 9.17) is 10.00 Å². The quantitative estimate of drug-likeness (QED) is 0.701. The van der Waals surface area contributed by atoms with Gasteiger partial charge < -0.3 is 4.74 Å². The number of carbonyl (C=O) groups excluding carboxylic acids is 1. The van der Waals surface area contributed by atoms with Crippen LogP contribution in [0.1, 0.15) is 24.1 Å². The molecule has 78 valence electrons. The third-order valence-electron chi connectivity index (χ3n) is 1.97. The summed E-state index contributed by atoms with van der Waals surface area (Å²) in [5.41, 5.74) is 1.29. The lowest BCUT2D eigenvalue weighted by molar-refractivity contribution is -0.143. The Labute approximate surface area is 88.5 Å². The fourth-order valence-electron chi connectivity index (χ4n) is 1.25. The Morgan fingerprint density at radius 3 is 3.00 bits per heavy atom. The Balaban J connectivity index is 2.99. The van der Waals surface area contributed by atoms with Crippen LogP contribution in [0, 0.1) is 18.3 Å². The molecule has 0 spiro atoms. The van der Waals surface area contributed by atoms with E-state index in [9.17, 15) is 4.79 Å². The van der Waals surface area contributed by atoms with Gasteiger partial charge in [0.1, 0.15) is 0 Å². The zero-order valence-electron chi connectivity index (χ0n) is 8.73. The van der Waals surface area contributed by atoms with E-state index in [-0.39, 0.29) is 6.61 Å². The summed E-state index contributed by atoms with van der Waals surface area (Å²) in [6.07, 6.45) is 1.56. The number of nitrogens with zero attached hydrogens (tertiary/aromatic N) is 2. The summed E-state index contributed by atoms with van der Waals surface area (Å²) in [7, 11) is 0. The highest BCUT2D eigenvalue weighted by atomic mass is 16.5. The van der Waals surface area contributed by atoms with Crippen molar-refractivity contribution in [1.82, 2.24) is 4.98 Å². The minimum atomic E-state index is -0.925. The van der Waals surface area contributed by atoms with Crippen LogP contribution in [0.5, 0.6) is 0 Å². The van der Waals surface area contributed by atoms with Crippen LogP contribution >= 0.6 is 0 Å². The van der Waals surface area contributed by atoms with Crippen LogP contribution < -0.4 is 0 Å². The SMILES string of the molecule is CCOC(=O)[C@@H](C#N)c1ncccc1C. The van der Waals surface area contributed by atoms with Crippen LogP contribution in [0.3, 0.4) is 0 Å². The van der Waals surface area contributed by atoms with Crippen molar-refractivity contribution in [2.75, 3.05) is 6.61 Å². The molecular formula is C11H12N2O2. The van der Waals surface area contributed by atoms with Crippen LogP contribution in [0.2, 0.25) is 0 Å². The maximum Gasteiger partial charge on any atom is 0.329 e. The van der Waals surface area contributed by atoms with Crippen molar-refractivity contribution in [3.05, 3.63) is 29.6 Å². The van der Waals surface area contributed by atoms with Crippen molar-refractivity contribution in [2.24, 2.45) is 0 Å². The first-order valence-electron chi connectivity index (χ1n) is 4.68. The molecular weight excluding hydrogens is 192 g/mol. The average Bonchev–Trinajstić information content (AvgIpc) is 2.22. The van der Waals surface area contributed by atoms with Crippen molar-refractivity contribution in [2.45, 2.75) is 19.8 Å². The molecule has 4 heteroatoms. The summed E-state index contributed by atoms with van der Waals surface area (Å²) >= 11 is 0. The molecule has 1 aromatic rings. The lowest BCUT2D eigenvalue weighted by atomic mass is 10.0. The molecule has 15 heavy (non-hydrogen) atoms. The molecule has 0 amide bonds. The highest BCUT2D eigenvalue weighted by Gasteiger charge is 2.24. The zero-order chi connectivity index (χ0) is 11.3. The molecule has 1 aromatic heterocycles. The standard InChI is InChI=1S/C11H12N2O2/c1-3-15-11(14)9(7-12)10-8(2)5-4-6-13-10/h4-6,9H,3H2,1-2H3/t9-/m0/s1. The predicted octanol–water partition coefficient (Wildman–Crippen LogP) is 1.56. The van der Waals surface area contributed by atoms with Gasteiger partial charge in [0.05, 0.1) is 18.4 Å². The van der Waals surface area contributed by atoms with Crippen molar-refractivity contribution >= 4 is 5.97 Å². The van der Waals surface area contributed by atoms with Gasteiger partial charge in [-0.05, 0) is 25.5 Å². The van der Waals surface area contributed by atoms with E-state index < -0.39 is 11.9 Å². The maximum atomic E-state index is 11.4. The number of aromatic nitrogens is 1. The van der Waals surface area contributed by atoms with Crippen LogP contribution in [-0.4, -0.2) is 17.6 Å². The van der Waals surface area contributed by atoms with Gasteiger partial charge in [-0.15, -0.1) is 0 Å². The molecule has 0 saturated heterocycles. The van der Waals surface area contributed by atoms with Gasteiger partial charge in [0.15, 0.2) is 5.92 Å². The summed E-state index contributed by atoms with van der Waals surface area (Å²) < 4.78 is 4.80. The molecule has 0 aromatic carbocycles. The fraction of sp³-hybridized carbons (Fsp3) is 0.364. The van der Waals surface area contributed by atoms with Crippen LogP contribution in [0.4, 0.5) is 0 Å². The third kappa shape index (κ3) is 2.53. The first-order valence-corrected chi connectivity index (χ1v) is 4.68. The van der Waals surface area contributed by atoms with Gasteiger partial charge in [0, 0.05) is 6.20 Å². The molecule has 0 N–H and O–H groups in total. The second-order valence-electron chi connectivity index (χ2n) is 3.02. The normalized spacial score (nSPS) is 11.5. The van der Waals surface area contributed by atoms with Gasteiger partial charge in [-0.2, -0.15) is 5.26 Å². The summed E-state index contributed by atoms with van der Waals surface area (Å²) in [5.74, 6) is -1.46. The molecule has 0 aliphatic heterocycles. The topological polar surface area (TPSA) is 63.0 Å². The van der Waals surface area contributed by atoms with Crippen LogP contribution in [-0.2, 0) is 9.53 Å². The van der Waals surface area contributed by atoms with E-state index in [1.807, 2.05) is 19.1 Å². The van der Waals surface area contributed by atoms with Crippen molar-refractivity contribution in [3.63, 3.8) is 0 Å². The highest BCUT2D eigenvalue weighted by molar-refractivity contribution is 5.81. The number of esters is 1. The monoisotopic (exact) mass is 204 g/mol. The van der Waals surface area contributed by atoms with E-state index >= 15 is 0 Å². The van der Waals surface area contributed by atoms with Gasteiger partial charge in [-0.1, -0.05) is 6.07 Å². The molecule has 4 nitrogen and oxygen atoms in total. The average molecular weight is 204 g/mol. The Morgan fingerprint density at radius 1 is 1.73 bits per heavy atom. The molecule has 0 aliphatic carbocycles. The molecule has 1 rings (SSSR count). The van der Waals surface area contributed by atoms with Gasteiger partial charge in [-0.3, -0.25) is 9.78 Å². The van der Waals surface area contributed by atoms with Crippen LogP contribution in [0.25, 0.3) is 0 Å². The number of pyridine rings is 1. The summed E-state index contributed by atoms with van der Waals surface area (Å²) in [6.45, 7) is 3.78. The minimum Gasteiger partial charge on any atom is -0.465 e. The molecule has 1 heterocycles. The largest absolute Gasteiger partial charge is 0.465 e. The number of hydrogen-bond donors (Lipinski definition) is 0. The van der Waals surface area contributed by atoms with E-state index in [1.165, 1.54) is 0 Å². The van der Waals surface area contributed by atoms with E-state index in [0.717, 1.165) is 5.56 Å². The Bertz CT molecular complexity index is 396. The molecule has 0 bridgehead atoms. The van der Waals surface area contributed by atoms with Crippen molar-refractivity contribution in [1.29, 1.82) is 5.26 Å². The second kappa shape index (κ2) is 5.11. The van der Waals surface area contributed by atoms with Gasteiger partial charge in [-0.25, -0.2) is 0 Å². The predicted molar refractivity (Wildman–Crippen MR) is 54.0 cm³/mol. The van der Waals surface area contributed by atoms with Crippen molar-refractivity contribution in [3.8, 4) is 6.07 Å². The Morgan fingerprint density at radius 2 is 2.47 bits per heavy atom. The Kier molecular flexibility index (Phi) is 3.81. The molecule has 0 saturated carbocycles. The first-order chi connectivity index (χ1) is 7.20. The molecule has 0 radical (unpaired) electrons. The minimum absolute atomic E-state index is 0.267. The summed E-state index contributed by atoms with van der Waals surface area (Å²) in [5, 5.41) is 8.91. The van der Waals surface area contributed by atoms with Gasteiger partial charge in [0.2, 0.25) is 0 Å².